The molecule has 0 saturated carbocycles. The molecule has 2 aromatic rings. The number of nitrogens with zero attached hydrogens (tertiary/aromatic N) is 2. The van der Waals surface area contributed by atoms with Crippen LogP contribution in [-0.4, -0.2) is 106 Å². The molecule has 2 aromatic carbocycles. The number of anilines is 1. The number of nitrogens with two attached hydrogens (primary N) is 1. The lowest BCUT2D eigenvalue weighted by atomic mass is 9.77. The van der Waals surface area contributed by atoms with Gasteiger partial charge in [0.15, 0.2) is 5.71 Å². The SMILES string of the molecule is CC1(C)C(/C=C/C=C/C=C2\N(CCCS(=O)(=O)O)c3ccc(S(=O)(=O)O)cc3C2(C)CCCCCC(=O)NCCCCCN)=[N+](CCCS(=O)(=O)O)c2ccc(S(=O)(=O)O)cc21. The second kappa shape index (κ2) is 20.8. The summed E-state index contributed by atoms with van der Waals surface area (Å²) >= 11 is 0. The first-order valence-corrected chi connectivity index (χ1v) is 26.5. The predicted octanol–water partition coefficient (Wildman–Crippen LogP) is 5.08. The lowest BCUT2D eigenvalue weighted by molar-refractivity contribution is -0.437. The predicted molar refractivity (Wildman–Crippen MR) is 237 cm³/mol. The second-order valence-electron chi connectivity index (χ2n) is 16.3. The van der Waals surface area contributed by atoms with Gasteiger partial charge in [0.05, 0.1) is 26.7 Å². The topological polar surface area (TPSA) is 279 Å². The van der Waals surface area contributed by atoms with Gasteiger partial charge in [-0.05, 0) is 101 Å². The van der Waals surface area contributed by atoms with E-state index in [1.54, 1.807) is 30.4 Å². The molecule has 2 heterocycles. The summed E-state index contributed by atoms with van der Waals surface area (Å²) in [4.78, 5) is 13.7. The Hall–Kier alpha value is -3.80. The molecule has 0 radical (unpaired) electrons. The third kappa shape index (κ3) is 13.6. The van der Waals surface area contributed by atoms with E-state index in [4.69, 9.17) is 5.73 Å². The molecule has 0 saturated heterocycles. The Morgan fingerprint density at radius 1 is 0.742 bits per heavy atom. The van der Waals surface area contributed by atoms with Crippen molar-refractivity contribution in [3.63, 3.8) is 0 Å². The van der Waals surface area contributed by atoms with Crippen LogP contribution in [-0.2, 0) is 56.1 Å². The van der Waals surface area contributed by atoms with Crippen molar-refractivity contribution in [2.75, 3.05) is 42.6 Å². The van der Waals surface area contributed by atoms with Gasteiger partial charge in [-0.3, -0.25) is 23.0 Å². The van der Waals surface area contributed by atoms with Crippen molar-refractivity contribution in [3.05, 3.63) is 83.6 Å². The van der Waals surface area contributed by atoms with Gasteiger partial charge in [0.2, 0.25) is 11.6 Å². The summed E-state index contributed by atoms with van der Waals surface area (Å²) in [7, 11) is -17.7. The summed E-state index contributed by atoms with van der Waals surface area (Å²) in [5.74, 6) is -1.09. The highest BCUT2D eigenvalue weighted by molar-refractivity contribution is 7.86. The zero-order valence-electron chi connectivity index (χ0n) is 35.2. The zero-order chi connectivity index (χ0) is 46.1. The number of rotatable bonds is 24. The van der Waals surface area contributed by atoms with E-state index >= 15 is 0 Å². The van der Waals surface area contributed by atoms with Gasteiger partial charge in [0.1, 0.15) is 6.54 Å². The number of hydrogen-bond acceptors (Lipinski definition) is 11. The molecule has 0 aliphatic carbocycles. The monoisotopic (exact) mass is 943 g/mol. The smallest absolute Gasteiger partial charge is 0.294 e. The summed E-state index contributed by atoms with van der Waals surface area (Å²) < 4.78 is 136. The number of carbonyl (C=O) groups excluding carboxylic acids is 1. The number of hydrogen-bond donors (Lipinski definition) is 6. The van der Waals surface area contributed by atoms with Crippen LogP contribution >= 0.6 is 0 Å². The highest BCUT2D eigenvalue weighted by atomic mass is 32.2. The van der Waals surface area contributed by atoms with E-state index in [9.17, 15) is 56.7 Å². The normalized spacial score (nSPS) is 18.6. The lowest BCUT2D eigenvalue weighted by Gasteiger charge is -2.30. The van der Waals surface area contributed by atoms with E-state index in [-0.39, 0.29) is 41.6 Å². The summed E-state index contributed by atoms with van der Waals surface area (Å²) in [6.45, 7) is 7.07. The van der Waals surface area contributed by atoms with Crippen molar-refractivity contribution in [2.45, 2.75) is 106 Å². The van der Waals surface area contributed by atoms with Crippen LogP contribution in [0.15, 0.2) is 82.3 Å². The molecule has 7 N–H and O–H groups in total. The minimum Gasteiger partial charge on any atom is -0.356 e. The van der Waals surface area contributed by atoms with Gasteiger partial charge in [-0.25, -0.2) is 0 Å². The van der Waals surface area contributed by atoms with Crippen molar-refractivity contribution in [2.24, 2.45) is 5.73 Å². The fourth-order valence-electron chi connectivity index (χ4n) is 8.12. The van der Waals surface area contributed by atoms with Crippen LogP contribution in [0.4, 0.5) is 11.4 Å². The van der Waals surface area contributed by atoms with Crippen molar-refractivity contribution in [1.29, 1.82) is 0 Å². The summed E-state index contributed by atoms with van der Waals surface area (Å²) in [6, 6.07) is 8.36. The Bertz CT molecular complexity index is 2550. The number of benzene rings is 2. The van der Waals surface area contributed by atoms with Crippen molar-refractivity contribution < 1.29 is 61.3 Å². The quantitative estimate of drug-likeness (QED) is 0.0346. The molecule has 4 rings (SSSR count). The maximum Gasteiger partial charge on any atom is 0.294 e. The molecular formula is C41H59N4O13S4+. The minimum atomic E-state index is -4.60. The Morgan fingerprint density at radius 2 is 1.35 bits per heavy atom. The van der Waals surface area contributed by atoms with Gasteiger partial charge in [0.25, 0.3) is 40.5 Å². The van der Waals surface area contributed by atoms with E-state index < -0.39 is 62.8 Å². The molecule has 0 spiro atoms. The maximum atomic E-state index is 12.4. The van der Waals surface area contributed by atoms with Crippen molar-refractivity contribution in [1.82, 2.24) is 5.32 Å². The number of unbranched alkanes of at least 4 members (excludes halogenated alkanes) is 4. The van der Waals surface area contributed by atoms with Gasteiger partial charge >= 0.3 is 0 Å². The molecule has 0 fully saturated rings. The average molecular weight is 944 g/mol. The molecule has 344 valence electrons. The number of amides is 1. The number of carbonyl (C=O) groups is 1. The van der Waals surface area contributed by atoms with Crippen LogP contribution in [0.25, 0.3) is 0 Å². The third-order valence-electron chi connectivity index (χ3n) is 11.3. The minimum absolute atomic E-state index is 0.0252. The van der Waals surface area contributed by atoms with Crippen LogP contribution in [0, 0.1) is 0 Å². The summed E-state index contributed by atoms with van der Waals surface area (Å²) in [5, 5.41) is 2.93. The second-order valence-corrected chi connectivity index (χ2v) is 22.3. The maximum absolute atomic E-state index is 12.4. The first-order valence-electron chi connectivity index (χ1n) is 20.4. The third-order valence-corrected chi connectivity index (χ3v) is 14.6. The molecule has 17 nitrogen and oxygen atoms in total. The molecule has 0 aromatic heterocycles. The number of allylic oxidation sites excluding steroid dienone is 6. The molecule has 62 heavy (non-hydrogen) atoms. The van der Waals surface area contributed by atoms with Crippen LogP contribution in [0.2, 0.25) is 0 Å². The highest BCUT2D eigenvalue weighted by Gasteiger charge is 2.45. The Labute approximate surface area is 365 Å². The summed E-state index contributed by atoms with van der Waals surface area (Å²) in [5.41, 5.74) is 7.50. The summed E-state index contributed by atoms with van der Waals surface area (Å²) in [6.07, 6.45) is 14.2. The van der Waals surface area contributed by atoms with Gasteiger partial charge in [-0.2, -0.15) is 38.2 Å². The standard InChI is InChI=1S/C41H58N4O13S4/c1-40(2)33-29-31(61(53,54)55)18-20-35(33)44(25-13-27-59(47,48)49)37(40)15-7-4-8-16-38-41(3,22-10-5-9-17-39(46)43-24-12-6-11-23-42)34-30-32(62(56,57)58)19-21-36(34)45(38)26-14-28-60(50,51)52/h4,7-8,15-16,18-21,29-30H,5-6,9-14,17,22-28,42H2,1-3H3,(H4-,43,46,47,48,49,50,51,52,53,54,55,56,57,58)/p+1. The van der Waals surface area contributed by atoms with Crippen LogP contribution in [0.3, 0.4) is 0 Å². The van der Waals surface area contributed by atoms with E-state index in [2.05, 4.69) is 5.32 Å². The van der Waals surface area contributed by atoms with Gasteiger partial charge in [-0.15, -0.1) is 0 Å². The molecule has 1 unspecified atom stereocenters. The molecule has 2 aliphatic rings. The van der Waals surface area contributed by atoms with Crippen molar-refractivity contribution in [3.8, 4) is 0 Å². The first-order chi connectivity index (χ1) is 28.8. The Kier molecular flexibility index (Phi) is 17.1. The van der Waals surface area contributed by atoms with Crippen LogP contribution < -0.4 is 16.0 Å². The molecule has 0 bridgehead atoms. The van der Waals surface area contributed by atoms with Crippen LogP contribution in [0.5, 0.6) is 0 Å². The largest absolute Gasteiger partial charge is 0.356 e. The fourth-order valence-corrected chi connectivity index (χ4v) is 10.1. The van der Waals surface area contributed by atoms with E-state index in [1.807, 2.05) is 36.3 Å². The average Bonchev–Trinajstić information content (AvgIpc) is 3.51. The number of nitrogens with one attached hydrogen (secondary N) is 1. The first kappa shape index (κ1) is 50.8. The molecular weight excluding hydrogens is 885 g/mol. The fraction of sp³-hybridized carbons (Fsp3) is 0.512. The molecule has 2 aliphatic heterocycles. The highest BCUT2D eigenvalue weighted by Crippen LogP contribution is 2.51. The van der Waals surface area contributed by atoms with Gasteiger partial charge in [0, 0.05) is 60.4 Å². The van der Waals surface area contributed by atoms with Crippen LogP contribution in [0.1, 0.15) is 96.1 Å². The number of fused-ring (bicyclic) bond motifs is 2. The lowest BCUT2D eigenvalue weighted by Crippen LogP contribution is -2.30. The molecule has 1 atom stereocenters. The molecule has 1 amide bonds. The van der Waals surface area contributed by atoms with E-state index in [0.29, 0.717) is 79.1 Å². The van der Waals surface area contributed by atoms with Gasteiger partial charge in [-0.1, -0.05) is 37.5 Å². The zero-order valence-corrected chi connectivity index (χ0v) is 38.5. The Morgan fingerprint density at radius 3 is 1.98 bits per heavy atom. The Balaban J connectivity index is 1.69. The van der Waals surface area contributed by atoms with Crippen molar-refractivity contribution >= 4 is 63.5 Å². The molecule has 21 heteroatoms. The van der Waals surface area contributed by atoms with E-state index in [1.165, 1.54) is 30.3 Å². The van der Waals surface area contributed by atoms with E-state index in [0.717, 1.165) is 19.3 Å². The van der Waals surface area contributed by atoms with Gasteiger partial charge < -0.3 is 16.0 Å².